The highest BCUT2D eigenvalue weighted by Crippen LogP contribution is 2.17. The van der Waals surface area contributed by atoms with Gasteiger partial charge in [0, 0.05) is 26.4 Å². The molecule has 1 rings (SSSR count). The van der Waals surface area contributed by atoms with Crippen LogP contribution in [0.4, 0.5) is 5.82 Å². The molecule has 0 unspecified atom stereocenters. The Morgan fingerprint density at radius 3 is 2.89 bits per heavy atom. The second-order valence-electron chi connectivity index (χ2n) is 4.61. The molecule has 0 amide bonds. The normalized spacial score (nSPS) is 10.9. The molecule has 0 saturated heterocycles. The highest BCUT2D eigenvalue weighted by atomic mass is 35.5. The van der Waals surface area contributed by atoms with Crippen LogP contribution in [0.25, 0.3) is 0 Å². The number of aromatic nitrogens is 1. The molecule has 0 saturated carbocycles. The van der Waals surface area contributed by atoms with Crippen molar-refractivity contribution in [1.29, 1.82) is 0 Å². The highest BCUT2D eigenvalue weighted by Gasteiger charge is 2.03. The Balaban J connectivity index is 2.52. The molecule has 0 aromatic carbocycles. The first-order valence-electron chi connectivity index (χ1n) is 6.21. The monoisotopic (exact) mass is 271 g/mol. The molecule has 0 aliphatic heterocycles. The lowest BCUT2D eigenvalue weighted by molar-refractivity contribution is 0.210. The molecule has 1 heterocycles. The molecular formula is C13H22ClN3O. The lowest BCUT2D eigenvalue weighted by atomic mass is 10.2. The Hall–Kier alpha value is -0.840. The summed E-state index contributed by atoms with van der Waals surface area (Å²) in [6.07, 6.45) is 1.68. The number of ether oxygens (including phenoxy) is 1. The quantitative estimate of drug-likeness (QED) is 0.714. The zero-order chi connectivity index (χ0) is 13.4. The summed E-state index contributed by atoms with van der Waals surface area (Å²) in [7, 11) is 1.68. The summed E-state index contributed by atoms with van der Waals surface area (Å²) >= 11 is 6.12. The van der Waals surface area contributed by atoms with Crippen molar-refractivity contribution in [3.8, 4) is 0 Å². The van der Waals surface area contributed by atoms with Gasteiger partial charge in [-0.1, -0.05) is 25.4 Å². The fourth-order valence-corrected chi connectivity index (χ4v) is 1.66. The molecule has 0 aliphatic rings. The minimum absolute atomic E-state index is 0.630. The molecule has 1 aromatic heterocycles. The van der Waals surface area contributed by atoms with E-state index in [0.29, 0.717) is 17.5 Å². The summed E-state index contributed by atoms with van der Waals surface area (Å²) in [4.78, 5) is 4.23. The zero-order valence-electron chi connectivity index (χ0n) is 11.3. The Labute approximate surface area is 114 Å². The Morgan fingerprint density at radius 1 is 1.44 bits per heavy atom. The first kappa shape index (κ1) is 15.2. The average molecular weight is 272 g/mol. The number of methoxy groups -OCH3 is 1. The lowest BCUT2D eigenvalue weighted by Gasteiger charge is -2.11. The van der Waals surface area contributed by atoms with Crippen molar-refractivity contribution < 1.29 is 4.74 Å². The van der Waals surface area contributed by atoms with E-state index in [1.807, 2.05) is 6.07 Å². The van der Waals surface area contributed by atoms with Crippen molar-refractivity contribution in [3.05, 3.63) is 22.8 Å². The van der Waals surface area contributed by atoms with Gasteiger partial charge in [-0.15, -0.1) is 0 Å². The van der Waals surface area contributed by atoms with E-state index in [9.17, 15) is 0 Å². The number of nitrogens with zero attached hydrogens (tertiary/aromatic N) is 1. The van der Waals surface area contributed by atoms with E-state index in [4.69, 9.17) is 16.3 Å². The maximum Gasteiger partial charge on any atom is 0.126 e. The van der Waals surface area contributed by atoms with E-state index in [0.717, 1.165) is 31.0 Å². The van der Waals surface area contributed by atoms with E-state index < -0.39 is 0 Å². The van der Waals surface area contributed by atoms with Gasteiger partial charge in [0.1, 0.15) is 5.82 Å². The SMILES string of the molecule is COCCNc1cc(CNCC(C)C)c(Cl)cn1. The van der Waals surface area contributed by atoms with Gasteiger partial charge in [-0.05, 0) is 24.1 Å². The zero-order valence-corrected chi connectivity index (χ0v) is 12.0. The number of anilines is 1. The molecule has 102 valence electrons. The summed E-state index contributed by atoms with van der Waals surface area (Å²) in [6, 6.07) is 1.98. The van der Waals surface area contributed by atoms with Crippen molar-refractivity contribution in [3.63, 3.8) is 0 Å². The molecule has 0 atom stereocenters. The molecular weight excluding hydrogens is 250 g/mol. The van der Waals surface area contributed by atoms with Crippen LogP contribution in [0.1, 0.15) is 19.4 Å². The largest absolute Gasteiger partial charge is 0.383 e. The van der Waals surface area contributed by atoms with Crippen molar-refractivity contribution in [2.75, 3.05) is 32.1 Å². The van der Waals surface area contributed by atoms with E-state index in [1.165, 1.54) is 0 Å². The molecule has 0 bridgehead atoms. The predicted molar refractivity (Wildman–Crippen MR) is 76.2 cm³/mol. The fourth-order valence-electron chi connectivity index (χ4n) is 1.49. The first-order valence-corrected chi connectivity index (χ1v) is 6.59. The van der Waals surface area contributed by atoms with Crippen molar-refractivity contribution >= 4 is 17.4 Å². The standard InChI is InChI=1S/C13H22ClN3O/c1-10(2)7-15-8-11-6-13(16-4-5-18-3)17-9-12(11)14/h6,9-10,15H,4-5,7-8H2,1-3H3,(H,16,17). The van der Waals surface area contributed by atoms with Gasteiger partial charge in [-0.3, -0.25) is 0 Å². The summed E-state index contributed by atoms with van der Waals surface area (Å²) in [5, 5.41) is 7.26. The number of halogens is 1. The van der Waals surface area contributed by atoms with Gasteiger partial charge in [0.15, 0.2) is 0 Å². The number of hydrogen-bond donors (Lipinski definition) is 2. The molecule has 0 aliphatic carbocycles. The van der Waals surface area contributed by atoms with Crippen LogP contribution < -0.4 is 10.6 Å². The summed E-state index contributed by atoms with van der Waals surface area (Å²) in [6.45, 7) is 7.50. The van der Waals surface area contributed by atoms with Crippen LogP contribution in [0.15, 0.2) is 12.3 Å². The van der Waals surface area contributed by atoms with Gasteiger partial charge in [-0.25, -0.2) is 4.98 Å². The van der Waals surface area contributed by atoms with Gasteiger partial charge >= 0.3 is 0 Å². The lowest BCUT2D eigenvalue weighted by Crippen LogP contribution is -2.19. The maximum absolute atomic E-state index is 6.12. The second kappa shape index (κ2) is 8.29. The predicted octanol–water partition coefficient (Wildman–Crippen LogP) is 2.54. The van der Waals surface area contributed by atoms with Crippen LogP contribution in [-0.2, 0) is 11.3 Å². The molecule has 2 N–H and O–H groups in total. The average Bonchev–Trinajstić information content (AvgIpc) is 2.33. The first-order chi connectivity index (χ1) is 8.63. The van der Waals surface area contributed by atoms with Crippen LogP contribution in [0.2, 0.25) is 5.02 Å². The van der Waals surface area contributed by atoms with Crippen LogP contribution in [0.5, 0.6) is 0 Å². The van der Waals surface area contributed by atoms with Crippen LogP contribution in [0.3, 0.4) is 0 Å². The van der Waals surface area contributed by atoms with E-state index >= 15 is 0 Å². The van der Waals surface area contributed by atoms with E-state index in [-0.39, 0.29) is 0 Å². The van der Waals surface area contributed by atoms with E-state index in [1.54, 1.807) is 13.3 Å². The van der Waals surface area contributed by atoms with Gasteiger partial charge < -0.3 is 15.4 Å². The molecule has 0 spiro atoms. The topological polar surface area (TPSA) is 46.2 Å². The summed E-state index contributed by atoms with van der Waals surface area (Å²) in [5.41, 5.74) is 1.06. The number of rotatable bonds is 8. The fraction of sp³-hybridized carbons (Fsp3) is 0.615. The highest BCUT2D eigenvalue weighted by molar-refractivity contribution is 6.31. The van der Waals surface area contributed by atoms with Gasteiger partial charge in [-0.2, -0.15) is 0 Å². The summed E-state index contributed by atoms with van der Waals surface area (Å²) < 4.78 is 4.98. The molecule has 0 radical (unpaired) electrons. The minimum atomic E-state index is 0.630. The van der Waals surface area contributed by atoms with E-state index in [2.05, 4.69) is 29.5 Å². The molecule has 1 aromatic rings. The van der Waals surface area contributed by atoms with Gasteiger partial charge in [0.25, 0.3) is 0 Å². The Bertz CT molecular complexity index is 358. The van der Waals surface area contributed by atoms with Crippen LogP contribution in [-0.4, -0.2) is 31.8 Å². The van der Waals surface area contributed by atoms with Crippen molar-refractivity contribution in [2.45, 2.75) is 20.4 Å². The molecule has 5 heteroatoms. The molecule has 18 heavy (non-hydrogen) atoms. The third-order valence-electron chi connectivity index (χ3n) is 2.42. The third kappa shape index (κ3) is 5.67. The van der Waals surface area contributed by atoms with Crippen molar-refractivity contribution in [2.24, 2.45) is 5.92 Å². The number of hydrogen-bond acceptors (Lipinski definition) is 4. The second-order valence-corrected chi connectivity index (χ2v) is 5.01. The molecule has 4 nitrogen and oxygen atoms in total. The van der Waals surface area contributed by atoms with Gasteiger partial charge in [0.2, 0.25) is 0 Å². The smallest absolute Gasteiger partial charge is 0.126 e. The Morgan fingerprint density at radius 2 is 2.22 bits per heavy atom. The number of pyridine rings is 1. The number of nitrogens with one attached hydrogen (secondary N) is 2. The Kier molecular flexibility index (Phi) is 7.01. The minimum Gasteiger partial charge on any atom is -0.383 e. The van der Waals surface area contributed by atoms with Gasteiger partial charge in [0.05, 0.1) is 11.6 Å². The van der Waals surface area contributed by atoms with Crippen molar-refractivity contribution in [1.82, 2.24) is 10.3 Å². The third-order valence-corrected chi connectivity index (χ3v) is 2.76. The molecule has 0 fully saturated rings. The van der Waals surface area contributed by atoms with Crippen LogP contribution in [0, 0.1) is 5.92 Å². The maximum atomic E-state index is 6.12. The van der Waals surface area contributed by atoms with Crippen LogP contribution >= 0.6 is 11.6 Å². The summed E-state index contributed by atoms with van der Waals surface area (Å²) in [5.74, 6) is 1.46.